The van der Waals surface area contributed by atoms with Crippen LogP contribution in [0.1, 0.15) is 23.0 Å². The van der Waals surface area contributed by atoms with Crippen LogP contribution >= 0.6 is 11.3 Å². The third kappa shape index (κ3) is 5.44. The van der Waals surface area contributed by atoms with Crippen molar-refractivity contribution in [3.63, 3.8) is 0 Å². The minimum Gasteiger partial charge on any atom is -0.497 e. The number of amides is 1. The number of thiophene rings is 1. The fourth-order valence-corrected chi connectivity index (χ4v) is 3.39. The zero-order chi connectivity index (χ0) is 19.8. The van der Waals surface area contributed by atoms with Crippen LogP contribution in [0.4, 0.5) is 5.69 Å². The maximum Gasteiger partial charge on any atom is 0.307 e. The van der Waals surface area contributed by atoms with Crippen molar-refractivity contribution in [2.75, 3.05) is 12.4 Å². The number of nitrogens with one attached hydrogen (secondary N) is 1. The monoisotopic (exact) mass is 395 g/mol. The zero-order valence-electron chi connectivity index (χ0n) is 15.5. The highest BCUT2D eigenvalue weighted by molar-refractivity contribution is 7.09. The average molecular weight is 395 g/mol. The smallest absolute Gasteiger partial charge is 0.307 e. The number of carbonyl (C=O) groups excluding carboxylic acids is 2. The van der Waals surface area contributed by atoms with Gasteiger partial charge in [0.05, 0.1) is 13.5 Å². The van der Waals surface area contributed by atoms with Crippen molar-refractivity contribution in [3.8, 4) is 5.75 Å². The van der Waals surface area contributed by atoms with Crippen LogP contribution in [0.2, 0.25) is 0 Å². The number of carbonyl (C=O) groups is 2. The van der Waals surface area contributed by atoms with Crippen molar-refractivity contribution in [2.45, 2.75) is 18.9 Å². The second kappa shape index (κ2) is 9.71. The van der Waals surface area contributed by atoms with Gasteiger partial charge in [-0.1, -0.05) is 42.5 Å². The van der Waals surface area contributed by atoms with Gasteiger partial charge in [0, 0.05) is 22.2 Å². The molecular weight excluding hydrogens is 374 g/mol. The molecule has 1 atom stereocenters. The highest BCUT2D eigenvalue weighted by atomic mass is 32.1. The Morgan fingerprint density at radius 3 is 2.57 bits per heavy atom. The van der Waals surface area contributed by atoms with Crippen LogP contribution in [-0.4, -0.2) is 19.0 Å². The Morgan fingerprint density at radius 1 is 1.04 bits per heavy atom. The molecular formula is C22H21NO4S. The van der Waals surface area contributed by atoms with Crippen LogP contribution in [-0.2, 0) is 20.7 Å². The standard InChI is InChI=1S/C22H21NO4S/c1-26-18-10-5-9-17(15-18)23-22(25)21(16-7-3-2-4-8-16)27-20(24)13-12-19-11-6-14-28-19/h2-11,14-15,21H,12-13H2,1H3,(H,23,25)/t21-/m0/s1. The van der Waals surface area contributed by atoms with Crippen LogP contribution in [0.25, 0.3) is 0 Å². The van der Waals surface area contributed by atoms with Crippen LogP contribution in [0, 0.1) is 0 Å². The number of anilines is 1. The predicted molar refractivity (Wildman–Crippen MR) is 110 cm³/mol. The number of ether oxygens (including phenoxy) is 2. The molecule has 0 bridgehead atoms. The Hall–Kier alpha value is -3.12. The first-order valence-corrected chi connectivity index (χ1v) is 9.75. The largest absolute Gasteiger partial charge is 0.497 e. The number of esters is 1. The highest BCUT2D eigenvalue weighted by Gasteiger charge is 2.25. The third-order valence-electron chi connectivity index (χ3n) is 4.08. The van der Waals surface area contributed by atoms with Crippen molar-refractivity contribution < 1.29 is 19.1 Å². The van der Waals surface area contributed by atoms with E-state index in [0.29, 0.717) is 23.4 Å². The molecule has 1 heterocycles. The third-order valence-corrected chi connectivity index (χ3v) is 5.02. The lowest BCUT2D eigenvalue weighted by atomic mass is 10.1. The van der Waals surface area contributed by atoms with E-state index in [9.17, 15) is 9.59 Å². The lowest BCUT2D eigenvalue weighted by Gasteiger charge is -2.18. The maximum absolute atomic E-state index is 12.9. The van der Waals surface area contributed by atoms with Gasteiger partial charge in [-0.05, 0) is 30.0 Å². The van der Waals surface area contributed by atoms with Crippen molar-refractivity contribution in [1.29, 1.82) is 0 Å². The van der Waals surface area contributed by atoms with Crippen LogP contribution in [0.3, 0.4) is 0 Å². The molecule has 28 heavy (non-hydrogen) atoms. The van der Waals surface area contributed by atoms with Gasteiger partial charge in [-0.2, -0.15) is 0 Å². The number of hydrogen-bond donors (Lipinski definition) is 1. The summed E-state index contributed by atoms with van der Waals surface area (Å²) in [6.45, 7) is 0. The van der Waals surface area contributed by atoms with E-state index in [2.05, 4.69) is 5.32 Å². The summed E-state index contributed by atoms with van der Waals surface area (Å²) in [6, 6.07) is 19.9. The van der Waals surface area contributed by atoms with Crippen molar-refractivity contribution in [3.05, 3.63) is 82.6 Å². The van der Waals surface area contributed by atoms with Crippen LogP contribution in [0.15, 0.2) is 72.1 Å². The summed E-state index contributed by atoms with van der Waals surface area (Å²) in [6.07, 6.45) is -0.213. The quantitative estimate of drug-likeness (QED) is 0.566. The summed E-state index contributed by atoms with van der Waals surface area (Å²) in [4.78, 5) is 26.3. The molecule has 1 N–H and O–H groups in total. The second-order valence-corrected chi connectivity index (χ2v) is 7.11. The fraction of sp³-hybridized carbons (Fsp3) is 0.182. The molecule has 144 valence electrons. The maximum atomic E-state index is 12.9. The van der Waals surface area contributed by atoms with E-state index in [-0.39, 0.29) is 6.42 Å². The molecule has 0 radical (unpaired) electrons. The number of rotatable bonds is 8. The van der Waals surface area contributed by atoms with E-state index in [4.69, 9.17) is 9.47 Å². The molecule has 5 nitrogen and oxygen atoms in total. The summed E-state index contributed by atoms with van der Waals surface area (Å²) in [7, 11) is 1.56. The summed E-state index contributed by atoms with van der Waals surface area (Å²) in [5.41, 5.74) is 1.19. The molecule has 0 spiro atoms. The summed E-state index contributed by atoms with van der Waals surface area (Å²) < 4.78 is 10.7. The van der Waals surface area contributed by atoms with E-state index in [1.54, 1.807) is 67.0 Å². The molecule has 1 amide bonds. The first-order valence-electron chi connectivity index (χ1n) is 8.87. The van der Waals surface area contributed by atoms with Crippen molar-refractivity contribution in [2.24, 2.45) is 0 Å². The summed E-state index contributed by atoms with van der Waals surface area (Å²) in [5.74, 6) is -0.200. The lowest BCUT2D eigenvalue weighted by Crippen LogP contribution is -2.26. The molecule has 2 aromatic carbocycles. The van der Waals surface area contributed by atoms with Gasteiger partial charge in [0.25, 0.3) is 5.91 Å². The predicted octanol–water partition coefficient (Wildman–Crippen LogP) is 4.61. The lowest BCUT2D eigenvalue weighted by molar-refractivity contribution is -0.154. The Bertz CT molecular complexity index is 909. The fourth-order valence-electron chi connectivity index (χ4n) is 2.68. The van der Waals surface area contributed by atoms with Gasteiger partial charge in [-0.3, -0.25) is 9.59 Å². The molecule has 3 rings (SSSR count). The number of benzene rings is 2. The summed E-state index contributed by atoms with van der Waals surface area (Å²) >= 11 is 1.59. The second-order valence-electron chi connectivity index (χ2n) is 6.08. The van der Waals surface area contributed by atoms with Gasteiger partial charge in [0.2, 0.25) is 6.10 Å². The Kier molecular flexibility index (Phi) is 6.81. The van der Waals surface area contributed by atoms with Gasteiger partial charge in [-0.15, -0.1) is 11.3 Å². The van der Waals surface area contributed by atoms with Crippen LogP contribution < -0.4 is 10.1 Å². The van der Waals surface area contributed by atoms with Gasteiger partial charge in [-0.25, -0.2) is 0 Å². The summed E-state index contributed by atoms with van der Waals surface area (Å²) in [5, 5.41) is 4.76. The zero-order valence-corrected chi connectivity index (χ0v) is 16.3. The molecule has 0 aliphatic carbocycles. The average Bonchev–Trinajstić information content (AvgIpc) is 3.25. The first kappa shape index (κ1) is 19.6. The number of aryl methyl sites for hydroxylation is 1. The van der Waals surface area contributed by atoms with E-state index >= 15 is 0 Å². The Morgan fingerprint density at radius 2 is 1.86 bits per heavy atom. The van der Waals surface area contributed by atoms with E-state index in [1.165, 1.54) is 0 Å². The molecule has 0 fully saturated rings. The molecule has 1 aromatic heterocycles. The number of methoxy groups -OCH3 is 1. The van der Waals surface area contributed by atoms with E-state index < -0.39 is 18.0 Å². The Balaban J connectivity index is 1.71. The van der Waals surface area contributed by atoms with Gasteiger partial charge in [0.15, 0.2) is 0 Å². The van der Waals surface area contributed by atoms with Crippen LogP contribution in [0.5, 0.6) is 5.75 Å². The molecule has 0 aliphatic heterocycles. The van der Waals surface area contributed by atoms with E-state index in [1.807, 2.05) is 23.6 Å². The van der Waals surface area contributed by atoms with Gasteiger partial charge < -0.3 is 14.8 Å². The molecule has 6 heteroatoms. The SMILES string of the molecule is COc1cccc(NC(=O)[C@@H](OC(=O)CCc2cccs2)c2ccccc2)c1. The molecule has 0 saturated carbocycles. The van der Waals surface area contributed by atoms with Crippen molar-refractivity contribution in [1.82, 2.24) is 0 Å². The minimum atomic E-state index is -1.02. The Labute approximate surface area is 167 Å². The van der Waals surface area contributed by atoms with Gasteiger partial charge >= 0.3 is 5.97 Å². The van der Waals surface area contributed by atoms with E-state index in [0.717, 1.165) is 4.88 Å². The molecule has 3 aromatic rings. The molecule has 0 saturated heterocycles. The first-order chi connectivity index (χ1) is 13.7. The molecule has 0 aliphatic rings. The van der Waals surface area contributed by atoms with Crippen molar-refractivity contribution >= 4 is 28.9 Å². The van der Waals surface area contributed by atoms with Gasteiger partial charge in [0.1, 0.15) is 5.75 Å². The minimum absolute atomic E-state index is 0.219. The molecule has 0 unspecified atom stereocenters. The highest BCUT2D eigenvalue weighted by Crippen LogP contribution is 2.23. The topological polar surface area (TPSA) is 64.6 Å². The normalized spacial score (nSPS) is 11.5. The number of hydrogen-bond acceptors (Lipinski definition) is 5.